The molecule has 0 bridgehead atoms. The van der Waals surface area contributed by atoms with Gasteiger partial charge < -0.3 is 20.5 Å². The van der Waals surface area contributed by atoms with E-state index in [1.165, 1.54) is 19.2 Å². The van der Waals surface area contributed by atoms with Gasteiger partial charge in [0.1, 0.15) is 17.4 Å². The number of carbonyl (C=O) groups excluding carboxylic acids is 1. The smallest absolute Gasteiger partial charge is 0.222 e. The van der Waals surface area contributed by atoms with E-state index in [9.17, 15) is 18.3 Å². The Morgan fingerprint density at radius 1 is 1.22 bits per heavy atom. The minimum Gasteiger partial charge on any atom is -0.491 e. The fraction of sp³-hybridized carbons (Fsp3) is 0.300. The molecule has 0 saturated heterocycles. The molecule has 32 heavy (non-hydrogen) atoms. The monoisotopic (exact) mass is 460 g/mol. The average Bonchev–Trinajstić information content (AvgIpc) is 3.15. The molecule has 4 N–H and O–H groups in total. The molecule has 3 aromatic heterocycles. The van der Waals surface area contributed by atoms with Gasteiger partial charge in [-0.25, -0.2) is 18.4 Å². The molecule has 170 valence electrons. The van der Waals surface area contributed by atoms with Crippen molar-refractivity contribution in [1.82, 2.24) is 20.2 Å². The number of ether oxygens (including phenoxy) is 1. The lowest BCUT2D eigenvalue weighted by Gasteiger charge is -2.15. The second-order valence-electron chi connectivity index (χ2n) is 7.32. The van der Waals surface area contributed by atoms with Crippen LogP contribution in [0.3, 0.4) is 0 Å². The third-order valence-electron chi connectivity index (χ3n) is 4.08. The quantitative estimate of drug-likeness (QED) is 0.395. The minimum absolute atomic E-state index is 0.154. The molecule has 11 nitrogen and oxygen atoms in total. The maximum atomic E-state index is 12.1. The Hall–Kier alpha value is -3.51. The Morgan fingerprint density at radius 3 is 2.56 bits per heavy atom. The first-order valence-electron chi connectivity index (χ1n) is 9.64. The van der Waals surface area contributed by atoms with Crippen LogP contribution in [0.15, 0.2) is 35.5 Å². The lowest BCUT2D eigenvalue weighted by molar-refractivity contribution is -0.114. The average molecular weight is 461 g/mol. The number of carbonyl (C=O) groups is 1. The summed E-state index contributed by atoms with van der Waals surface area (Å²) in [6.45, 7) is 4.78. The predicted molar refractivity (Wildman–Crippen MR) is 118 cm³/mol. The highest BCUT2D eigenvalue weighted by Crippen LogP contribution is 2.32. The largest absolute Gasteiger partial charge is 0.491 e. The van der Waals surface area contributed by atoms with Gasteiger partial charge in [-0.1, -0.05) is 0 Å². The van der Waals surface area contributed by atoms with Crippen LogP contribution in [-0.2, 0) is 21.2 Å². The zero-order valence-corrected chi connectivity index (χ0v) is 18.8. The molecular weight excluding hydrogens is 436 g/mol. The highest BCUT2D eigenvalue weighted by Gasteiger charge is 2.17. The maximum absolute atomic E-state index is 12.1. The number of aromatic nitrogens is 4. The molecule has 3 aromatic rings. The van der Waals surface area contributed by atoms with Crippen molar-refractivity contribution >= 4 is 33.1 Å². The molecule has 0 spiro atoms. The summed E-state index contributed by atoms with van der Waals surface area (Å²) < 4.78 is 29.9. The van der Waals surface area contributed by atoms with E-state index < -0.39 is 9.84 Å². The van der Waals surface area contributed by atoms with E-state index in [-0.39, 0.29) is 35.3 Å². The second kappa shape index (κ2) is 9.32. The van der Waals surface area contributed by atoms with Gasteiger partial charge in [-0.3, -0.25) is 9.89 Å². The van der Waals surface area contributed by atoms with E-state index in [1.54, 1.807) is 18.2 Å². The zero-order chi connectivity index (χ0) is 23.5. The van der Waals surface area contributed by atoms with Crippen molar-refractivity contribution in [1.29, 1.82) is 0 Å². The second-order valence-corrected chi connectivity index (χ2v) is 9.29. The molecule has 3 rings (SSSR count). The van der Waals surface area contributed by atoms with Crippen LogP contribution in [0.5, 0.6) is 5.75 Å². The molecular formula is C20H24N6O5S. The predicted octanol–water partition coefficient (Wildman–Crippen LogP) is 2.25. The van der Waals surface area contributed by atoms with Gasteiger partial charge in [0.15, 0.2) is 14.9 Å². The fourth-order valence-corrected chi connectivity index (χ4v) is 3.40. The maximum Gasteiger partial charge on any atom is 0.222 e. The van der Waals surface area contributed by atoms with Crippen molar-refractivity contribution in [2.24, 2.45) is 0 Å². The lowest BCUT2D eigenvalue weighted by atomic mass is 10.1. The van der Waals surface area contributed by atoms with Crippen molar-refractivity contribution in [3.63, 3.8) is 0 Å². The number of amides is 1. The van der Waals surface area contributed by atoms with E-state index in [4.69, 9.17) is 4.74 Å². The molecule has 0 unspecified atom stereocenters. The molecule has 0 fully saturated rings. The summed E-state index contributed by atoms with van der Waals surface area (Å²) in [4.78, 5) is 19.9. The van der Waals surface area contributed by atoms with Gasteiger partial charge in [-0.05, 0) is 19.9 Å². The Labute approximate surface area is 185 Å². The first-order chi connectivity index (χ1) is 15.0. The molecule has 12 heteroatoms. The minimum atomic E-state index is -3.61. The van der Waals surface area contributed by atoms with Crippen molar-refractivity contribution in [3.8, 4) is 17.0 Å². The summed E-state index contributed by atoms with van der Waals surface area (Å²) in [6, 6.07) is 6.15. The molecule has 0 atom stereocenters. The van der Waals surface area contributed by atoms with Crippen LogP contribution in [0.25, 0.3) is 11.3 Å². The van der Waals surface area contributed by atoms with Gasteiger partial charge in [-0.15, -0.1) is 0 Å². The number of nitrogens with one attached hydrogen (secondary N) is 3. The van der Waals surface area contributed by atoms with Crippen LogP contribution >= 0.6 is 0 Å². The zero-order valence-electron chi connectivity index (χ0n) is 18.0. The number of hydrogen-bond acceptors (Lipinski definition) is 9. The number of hydrogen-bond donors (Lipinski definition) is 4. The van der Waals surface area contributed by atoms with E-state index >= 15 is 0 Å². The van der Waals surface area contributed by atoms with Crippen molar-refractivity contribution in [3.05, 3.63) is 36.2 Å². The van der Waals surface area contributed by atoms with Gasteiger partial charge in [0.05, 0.1) is 29.8 Å². The Morgan fingerprint density at radius 2 is 1.97 bits per heavy atom. The molecule has 0 saturated carbocycles. The highest BCUT2D eigenvalue weighted by molar-refractivity contribution is 7.90. The van der Waals surface area contributed by atoms with Crippen LogP contribution in [0, 0.1) is 0 Å². The molecule has 0 radical (unpaired) electrons. The molecule has 0 aliphatic rings. The van der Waals surface area contributed by atoms with E-state index in [1.807, 2.05) is 13.8 Å². The Kier molecular flexibility index (Phi) is 6.75. The summed E-state index contributed by atoms with van der Waals surface area (Å²) in [7, 11) is -3.61. The third-order valence-corrected chi connectivity index (χ3v) is 5.04. The molecule has 3 heterocycles. The number of pyridine rings is 2. The van der Waals surface area contributed by atoms with Crippen molar-refractivity contribution in [2.45, 2.75) is 38.5 Å². The summed E-state index contributed by atoms with van der Waals surface area (Å²) in [6.07, 6.45) is 2.38. The number of aromatic amines is 1. The third kappa shape index (κ3) is 5.80. The number of H-pyrrole nitrogens is 1. The highest BCUT2D eigenvalue weighted by atomic mass is 32.2. The van der Waals surface area contributed by atoms with Gasteiger partial charge >= 0.3 is 0 Å². The SMILES string of the molecule is CC(=O)Nc1cc(Nc2cc(OC(C)C)cc(S(C)(=O)=O)n2)c(-c2cc(CO)[nH]n2)cn1. The van der Waals surface area contributed by atoms with Gasteiger partial charge in [0.2, 0.25) is 5.91 Å². The molecule has 0 aromatic carbocycles. The Balaban J connectivity index is 2.10. The van der Waals surface area contributed by atoms with Gasteiger partial charge in [-0.2, -0.15) is 5.10 Å². The topological polar surface area (TPSA) is 159 Å². The molecule has 1 amide bonds. The first-order valence-corrected chi connectivity index (χ1v) is 11.5. The molecule has 0 aliphatic carbocycles. The number of aliphatic hydroxyl groups is 1. The summed E-state index contributed by atoms with van der Waals surface area (Å²) >= 11 is 0. The molecule has 0 aliphatic heterocycles. The number of nitrogens with zero attached hydrogens (tertiary/aromatic N) is 3. The lowest BCUT2D eigenvalue weighted by Crippen LogP contribution is -2.10. The van der Waals surface area contributed by atoms with Crippen molar-refractivity contribution < 1.29 is 23.1 Å². The van der Waals surface area contributed by atoms with Crippen LogP contribution in [-0.4, -0.2) is 52.0 Å². The van der Waals surface area contributed by atoms with Gasteiger partial charge in [0.25, 0.3) is 0 Å². The normalized spacial score (nSPS) is 11.4. The number of sulfone groups is 1. The summed E-state index contributed by atoms with van der Waals surface area (Å²) in [5.74, 6) is 0.517. The number of anilines is 3. The van der Waals surface area contributed by atoms with E-state index in [2.05, 4.69) is 30.8 Å². The number of aliphatic hydroxyl groups excluding tert-OH is 1. The summed E-state index contributed by atoms with van der Waals surface area (Å²) in [5.41, 5.74) is 1.97. The standard InChI is InChI=1S/C20H24N6O5S/c1-11(2)31-14-6-19(24-20(7-14)32(4,29)30)23-16-8-18(22-12(3)28)21-9-15(16)17-5-13(10-27)25-26-17/h5-9,11,27H,10H2,1-4H3,(H,25,26)(H2,21,22,23,24,28). The fourth-order valence-electron chi connectivity index (χ4n) is 2.81. The summed E-state index contributed by atoms with van der Waals surface area (Å²) in [5, 5.41) is 21.7. The number of rotatable bonds is 8. The van der Waals surface area contributed by atoms with E-state index in [0.29, 0.717) is 28.4 Å². The first kappa shape index (κ1) is 23.2. The van der Waals surface area contributed by atoms with Crippen LogP contribution in [0.2, 0.25) is 0 Å². The van der Waals surface area contributed by atoms with Crippen LogP contribution < -0.4 is 15.4 Å². The van der Waals surface area contributed by atoms with Crippen molar-refractivity contribution in [2.75, 3.05) is 16.9 Å². The van der Waals surface area contributed by atoms with Crippen LogP contribution in [0.4, 0.5) is 17.3 Å². The Bertz CT molecular complexity index is 1240. The van der Waals surface area contributed by atoms with Crippen LogP contribution in [0.1, 0.15) is 26.5 Å². The van der Waals surface area contributed by atoms with Gasteiger partial charge in [0, 0.05) is 43.1 Å². The van der Waals surface area contributed by atoms with E-state index in [0.717, 1.165) is 6.26 Å².